The van der Waals surface area contributed by atoms with Crippen molar-refractivity contribution in [1.29, 1.82) is 5.26 Å². The van der Waals surface area contributed by atoms with E-state index < -0.39 is 0 Å². The number of benzene rings is 1. The lowest BCUT2D eigenvalue weighted by Gasteiger charge is -2.37. The van der Waals surface area contributed by atoms with Gasteiger partial charge in [0.2, 0.25) is 5.82 Å². The molecule has 0 bridgehead atoms. The van der Waals surface area contributed by atoms with Crippen LogP contribution in [-0.2, 0) is 6.54 Å². The maximum absolute atomic E-state index is 9.13. The molecule has 10 heteroatoms. The molecule has 1 aliphatic heterocycles. The summed E-state index contributed by atoms with van der Waals surface area (Å²) in [4.78, 5) is 27.1. The van der Waals surface area contributed by atoms with E-state index >= 15 is 0 Å². The highest BCUT2D eigenvalue weighted by Crippen LogP contribution is 2.31. The first-order chi connectivity index (χ1) is 19.9. The van der Waals surface area contributed by atoms with Crippen molar-refractivity contribution < 1.29 is 0 Å². The van der Waals surface area contributed by atoms with Crippen LogP contribution in [0.4, 0.5) is 11.6 Å². The van der Waals surface area contributed by atoms with Gasteiger partial charge < -0.3 is 10.6 Å². The van der Waals surface area contributed by atoms with Gasteiger partial charge >= 0.3 is 0 Å². The van der Waals surface area contributed by atoms with Gasteiger partial charge in [-0.15, -0.1) is 0 Å². The third-order valence-corrected chi connectivity index (χ3v) is 7.96. The van der Waals surface area contributed by atoms with Crippen molar-refractivity contribution in [3.8, 4) is 23.1 Å². The second-order valence-electron chi connectivity index (χ2n) is 10.6. The maximum atomic E-state index is 9.13. The smallest absolute Gasteiger partial charge is 0.234 e. The molecule has 1 saturated heterocycles. The van der Waals surface area contributed by atoms with Crippen molar-refractivity contribution in [3.05, 3.63) is 83.6 Å². The van der Waals surface area contributed by atoms with E-state index in [9.17, 15) is 0 Å². The Labute approximate surface area is 239 Å². The summed E-state index contributed by atoms with van der Waals surface area (Å²) in [5.74, 6) is 2.17. The Bertz CT molecular complexity index is 1740. The summed E-state index contributed by atoms with van der Waals surface area (Å²) in [5.41, 5.74) is 13.0. The second-order valence-corrected chi connectivity index (χ2v) is 10.6. The Morgan fingerprint density at radius 1 is 1.00 bits per heavy atom. The van der Waals surface area contributed by atoms with E-state index in [0.717, 1.165) is 77.8 Å². The standard InChI is InChI=1S/C31H32N10/c1-20-17-26-31(36-21(20)2)41(30(37-26)25-5-4-13-35-29(25)33)24-8-6-22(7-9-24)19-40-15-11-23(12-16-40)39(3)28-10-14-34-27(18-32)38-28/h4-10,13-14,17,23H,11-12,15-16,19H2,1-3H3,(H2,33,35). The van der Waals surface area contributed by atoms with Gasteiger partial charge in [-0.25, -0.2) is 24.9 Å². The van der Waals surface area contributed by atoms with Crippen molar-refractivity contribution in [1.82, 2.24) is 34.4 Å². The van der Waals surface area contributed by atoms with E-state index in [2.05, 4.69) is 66.6 Å². The molecular weight excluding hydrogens is 512 g/mol. The molecule has 6 rings (SSSR count). The number of anilines is 2. The first-order valence-electron chi connectivity index (χ1n) is 13.8. The molecule has 5 aromatic rings. The molecule has 206 valence electrons. The van der Waals surface area contributed by atoms with Crippen LogP contribution < -0.4 is 10.6 Å². The van der Waals surface area contributed by atoms with E-state index in [0.29, 0.717) is 11.9 Å². The third kappa shape index (κ3) is 5.19. The van der Waals surface area contributed by atoms with Crippen molar-refractivity contribution in [2.24, 2.45) is 0 Å². The molecule has 0 radical (unpaired) electrons. The van der Waals surface area contributed by atoms with Gasteiger partial charge in [0, 0.05) is 56.5 Å². The van der Waals surface area contributed by atoms with Crippen LogP contribution in [0.3, 0.4) is 0 Å². The number of hydrogen-bond acceptors (Lipinski definition) is 9. The highest BCUT2D eigenvalue weighted by Gasteiger charge is 2.24. The fraction of sp³-hybridized carbons (Fsp3) is 0.290. The summed E-state index contributed by atoms with van der Waals surface area (Å²) in [6.45, 7) is 6.94. The van der Waals surface area contributed by atoms with Crippen molar-refractivity contribution in [2.75, 3.05) is 30.8 Å². The first kappa shape index (κ1) is 26.3. The number of aromatic nitrogens is 6. The van der Waals surface area contributed by atoms with E-state index in [1.165, 1.54) is 5.56 Å². The monoisotopic (exact) mass is 544 g/mol. The van der Waals surface area contributed by atoms with E-state index in [1.54, 1.807) is 12.4 Å². The van der Waals surface area contributed by atoms with Crippen molar-refractivity contribution in [2.45, 2.75) is 39.3 Å². The number of piperidine rings is 1. The molecule has 1 aromatic carbocycles. The highest BCUT2D eigenvalue weighted by molar-refractivity contribution is 5.83. The average molecular weight is 545 g/mol. The molecule has 0 amide bonds. The van der Waals surface area contributed by atoms with Crippen LogP contribution in [0.5, 0.6) is 0 Å². The van der Waals surface area contributed by atoms with Gasteiger partial charge in [-0.1, -0.05) is 12.1 Å². The number of hydrogen-bond donors (Lipinski definition) is 1. The van der Waals surface area contributed by atoms with Crippen molar-refractivity contribution in [3.63, 3.8) is 0 Å². The second kappa shape index (κ2) is 10.9. The number of nitrogens with two attached hydrogens (primary N) is 1. The minimum absolute atomic E-state index is 0.205. The number of aryl methyl sites for hydroxylation is 2. The Balaban J connectivity index is 1.20. The van der Waals surface area contributed by atoms with Gasteiger partial charge in [0.15, 0.2) is 11.5 Å². The van der Waals surface area contributed by atoms with Crippen LogP contribution in [0.15, 0.2) is 60.9 Å². The van der Waals surface area contributed by atoms with Gasteiger partial charge in [0.25, 0.3) is 0 Å². The summed E-state index contributed by atoms with van der Waals surface area (Å²) in [5, 5.41) is 9.13. The molecule has 4 aromatic heterocycles. The quantitative estimate of drug-likeness (QED) is 0.330. The topological polar surface area (TPSA) is 126 Å². The summed E-state index contributed by atoms with van der Waals surface area (Å²) in [6.07, 6.45) is 5.40. The first-order valence-corrected chi connectivity index (χ1v) is 13.8. The molecule has 0 spiro atoms. The minimum Gasteiger partial charge on any atom is -0.383 e. The van der Waals surface area contributed by atoms with Crippen LogP contribution >= 0.6 is 0 Å². The fourth-order valence-electron chi connectivity index (χ4n) is 5.48. The van der Waals surface area contributed by atoms with Crippen molar-refractivity contribution >= 4 is 22.8 Å². The summed E-state index contributed by atoms with van der Waals surface area (Å²) < 4.78 is 2.07. The summed E-state index contributed by atoms with van der Waals surface area (Å²) >= 11 is 0. The maximum Gasteiger partial charge on any atom is 0.234 e. The predicted octanol–water partition coefficient (Wildman–Crippen LogP) is 4.44. The average Bonchev–Trinajstić information content (AvgIpc) is 3.35. The van der Waals surface area contributed by atoms with Crippen LogP contribution in [-0.4, -0.2) is 60.6 Å². The zero-order valence-corrected chi connectivity index (χ0v) is 23.5. The third-order valence-electron chi connectivity index (χ3n) is 7.96. The number of rotatable bonds is 6. The van der Waals surface area contributed by atoms with Crippen LogP contribution in [0.1, 0.15) is 35.5 Å². The fourth-order valence-corrected chi connectivity index (χ4v) is 5.48. The number of nitrogens with zero attached hydrogens (tertiary/aromatic N) is 9. The van der Waals surface area contributed by atoms with E-state index in [4.69, 9.17) is 21.0 Å². The number of fused-ring (bicyclic) bond motifs is 1. The van der Waals surface area contributed by atoms with Gasteiger partial charge in [0.1, 0.15) is 23.2 Å². The van der Waals surface area contributed by atoms with Gasteiger partial charge in [-0.2, -0.15) is 5.26 Å². The van der Waals surface area contributed by atoms with E-state index in [-0.39, 0.29) is 5.82 Å². The number of imidazole rings is 1. The molecular formula is C31H32N10. The largest absolute Gasteiger partial charge is 0.383 e. The lowest BCUT2D eigenvalue weighted by molar-refractivity contribution is 0.203. The molecule has 0 aliphatic carbocycles. The Kier molecular flexibility index (Phi) is 7.03. The minimum atomic E-state index is 0.205. The SMILES string of the molecule is Cc1cc2nc(-c3cccnc3N)n(-c3ccc(CN4CCC(N(C)c5ccnc(C#N)n5)CC4)cc3)c2nc1C. The molecule has 5 heterocycles. The highest BCUT2D eigenvalue weighted by atomic mass is 15.2. The number of nitriles is 1. The van der Waals surface area contributed by atoms with E-state index in [1.807, 2.05) is 38.2 Å². The lowest BCUT2D eigenvalue weighted by atomic mass is 10.0. The Morgan fingerprint density at radius 2 is 1.78 bits per heavy atom. The van der Waals surface area contributed by atoms with Gasteiger partial charge in [-0.3, -0.25) is 9.47 Å². The molecule has 1 aliphatic rings. The summed E-state index contributed by atoms with van der Waals surface area (Å²) in [6, 6.07) is 18.8. The zero-order valence-electron chi connectivity index (χ0n) is 23.5. The van der Waals surface area contributed by atoms with Crippen LogP contribution in [0.2, 0.25) is 0 Å². The summed E-state index contributed by atoms with van der Waals surface area (Å²) in [7, 11) is 2.05. The Morgan fingerprint density at radius 3 is 2.51 bits per heavy atom. The lowest BCUT2D eigenvalue weighted by Crippen LogP contribution is -2.43. The Hall–Kier alpha value is -4.88. The van der Waals surface area contributed by atoms with Gasteiger partial charge in [0.05, 0.1) is 5.56 Å². The van der Waals surface area contributed by atoms with Crippen LogP contribution in [0, 0.1) is 25.2 Å². The van der Waals surface area contributed by atoms with Gasteiger partial charge in [-0.05, 0) is 74.2 Å². The molecule has 2 N–H and O–H groups in total. The number of pyridine rings is 2. The zero-order chi connectivity index (χ0) is 28.5. The molecule has 0 saturated carbocycles. The number of nitrogen functional groups attached to an aromatic ring is 1. The normalized spacial score (nSPS) is 14.3. The molecule has 1 fully saturated rings. The molecule has 0 atom stereocenters. The number of likely N-dealkylation sites (tertiary alicyclic amines) is 1. The molecule has 0 unspecified atom stereocenters. The molecule has 41 heavy (non-hydrogen) atoms. The molecule has 10 nitrogen and oxygen atoms in total. The predicted molar refractivity (Wildman–Crippen MR) is 159 cm³/mol. The van der Waals surface area contributed by atoms with Crippen LogP contribution in [0.25, 0.3) is 28.2 Å².